The number of esters is 1. The van der Waals surface area contributed by atoms with Crippen LogP contribution in [0, 0.1) is 0 Å². The number of likely N-dealkylation sites (N-methyl/N-ethyl adjacent to an activating group) is 1. The Bertz CT molecular complexity index is 820. The van der Waals surface area contributed by atoms with E-state index in [0.717, 1.165) is 10.1 Å². The summed E-state index contributed by atoms with van der Waals surface area (Å²) in [7, 11) is 3.75. The second-order valence-electron chi connectivity index (χ2n) is 6.46. The van der Waals surface area contributed by atoms with Crippen LogP contribution in [0.3, 0.4) is 0 Å². The molecule has 2 N–H and O–H groups in total. The lowest BCUT2D eigenvalue weighted by Gasteiger charge is -2.21. The van der Waals surface area contributed by atoms with Gasteiger partial charge in [0.15, 0.2) is 0 Å². The van der Waals surface area contributed by atoms with Crippen molar-refractivity contribution in [1.82, 2.24) is 9.80 Å². The molecule has 0 unspecified atom stereocenters. The van der Waals surface area contributed by atoms with Gasteiger partial charge in [0.25, 0.3) is 0 Å². The number of benzene rings is 1. The summed E-state index contributed by atoms with van der Waals surface area (Å²) in [6.07, 6.45) is -0.598. The molecule has 140 valence electrons. The van der Waals surface area contributed by atoms with Gasteiger partial charge in [0, 0.05) is 16.6 Å². The molecule has 7 nitrogen and oxygen atoms in total. The summed E-state index contributed by atoms with van der Waals surface area (Å²) < 4.78 is 6.03. The molecule has 0 spiro atoms. The van der Waals surface area contributed by atoms with E-state index in [1.807, 2.05) is 43.3 Å². The second kappa shape index (κ2) is 7.61. The van der Waals surface area contributed by atoms with E-state index in [2.05, 4.69) is 5.32 Å². The smallest absolute Gasteiger partial charge is 0.350 e. The van der Waals surface area contributed by atoms with Gasteiger partial charge in [-0.1, -0.05) is 18.2 Å². The molecule has 1 aromatic heterocycles. The van der Waals surface area contributed by atoms with Crippen LogP contribution in [0.15, 0.2) is 24.3 Å². The molecule has 1 fully saturated rings. The van der Waals surface area contributed by atoms with E-state index in [1.165, 1.54) is 11.3 Å². The van der Waals surface area contributed by atoms with Crippen molar-refractivity contribution in [3.05, 3.63) is 29.1 Å². The van der Waals surface area contributed by atoms with Crippen molar-refractivity contribution in [2.24, 2.45) is 0 Å². The van der Waals surface area contributed by atoms with E-state index in [4.69, 9.17) is 4.74 Å². The van der Waals surface area contributed by atoms with Gasteiger partial charge in [0.05, 0.1) is 31.0 Å². The Morgan fingerprint density at radius 3 is 2.73 bits per heavy atom. The zero-order chi connectivity index (χ0) is 18.8. The van der Waals surface area contributed by atoms with Crippen molar-refractivity contribution in [3.8, 4) is 0 Å². The number of aliphatic hydroxyl groups excluding tert-OH is 1. The van der Waals surface area contributed by atoms with E-state index < -0.39 is 12.1 Å². The summed E-state index contributed by atoms with van der Waals surface area (Å²) in [5, 5.41) is 13.8. The number of nitrogens with zero attached hydrogens (tertiary/aromatic N) is 2. The topological polar surface area (TPSA) is 82.1 Å². The standard InChI is InChI=1S/C18H23N3O4S/c1-4-25-17(23)16-15(11-7-5-6-8-14(11)26-16)19-18(24)21-9-12(20(2)3)13(22)10-21/h5-8,12-13,22H,4,9-10H2,1-3H3,(H,19,24)/t12-,13-/m1/s1. The number of nitrogens with one attached hydrogen (secondary N) is 1. The first-order chi connectivity index (χ1) is 12.4. The van der Waals surface area contributed by atoms with Gasteiger partial charge in [-0.2, -0.15) is 0 Å². The molecule has 8 heteroatoms. The minimum absolute atomic E-state index is 0.107. The predicted molar refractivity (Wildman–Crippen MR) is 102 cm³/mol. The molecule has 2 aromatic rings. The van der Waals surface area contributed by atoms with Crippen molar-refractivity contribution in [1.29, 1.82) is 0 Å². The van der Waals surface area contributed by atoms with Crippen LogP contribution in [0.4, 0.5) is 10.5 Å². The number of fused-ring (bicyclic) bond motifs is 1. The SMILES string of the molecule is CCOC(=O)c1sc2ccccc2c1NC(=O)N1C[C@@H](O)[C@H](N(C)C)C1. The van der Waals surface area contributed by atoms with Crippen molar-refractivity contribution >= 4 is 39.1 Å². The third kappa shape index (κ3) is 3.53. The molecule has 1 aromatic carbocycles. The molecular formula is C18H23N3O4S. The molecule has 0 saturated carbocycles. The van der Waals surface area contributed by atoms with E-state index in [9.17, 15) is 14.7 Å². The Hall–Kier alpha value is -2.16. The number of hydrogen-bond donors (Lipinski definition) is 2. The van der Waals surface area contributed by atoms with Crippen LogP contribution in [-0.2, 0) is 4.74 Å². The molecule has 0 bridgehead atoms. The molecule has 26 heavy (non-hydrogen) atoms. The number of urea groups is 1. The van der Waals surface area contributed by atoms with Gasteiger partial charge < -0.3 is 25.0 Å². The number of anilines is 1. The fourth-order valence-electron chi connectivity index (χ4n) is 3.14. The first-order valence-corrected chi connectivity index (χ1v) is 9.33. The van der Waals surface area contributed by atoms with E-state index >= 15 is 0 Å². The molecule has 0 radical (unpaired) electrons. The van der Waals surface area contributed by atoms with Gasteiger partial charge in [-0.3, -0.25) is 0 Å². The molecule has 2 amide bonds. The lowest BCUT2D eigenvalue weighted by Crippen LogP contribution is -2.38. The monoisotopic (exact) mass is 377 g/mol. The summed E-state index contributed by atoms with van der Waals surface area (Å²) in [5.41, 5.74) is 0.469. The number of likely N-dealkylation sites (tertiary alicyclic amines) is 1. The number of ether oxygens (including phenoxy) is 1. The fraction of sp³-hybridized carbons (Fsp3) is 0.444. The van der Waals surface area contributed by atoms with Crippen LogP contribution < -0.4 is 5.32 Å². The third-order valence-corrected chi connectivity index (χ3v) is 5.65. The second-order valence-corrected chi connectivity index (χ2v) is 7.51. The molecule has 2 heterocycles. The number of aliphatic hydroxyl groups is 1. The maximum absolute atomic E-state index is 12.7. The Kier molecular flexibility index (Phi) is 5.45. The maximum atomic E-state index is 12.7. The Morgan fingerprint density at radius 1 is 1.35 bits per heavy atom. The van der Waals surface area contributed by atoms with Crippen LogP contribution in [-0.4, -0.2) is 72.8 Å². The van der Waals surface area contributed by atoms with Crippen LogP contribution >= 0.6 is 11.3 Å². The molecule has 1 saturated heterocycles. The first-order valence-electron chi connectivity index (χ1n) is 8.51. The summed E-state index contributed by atoms with van der Waals surface area (Å²) in [4.78, 5) is 28.9. The minimum Gasteiger partial charge on any atom is -0.462 e. The Morgan fingerprint density at radius 2 is 2.08 bits per heavy atom. The summed E-state index contributed by atoms with van der Waals surface area (Å²) in [6, 6.07) is 7.08. The van der Waals surface area contributed by atoms with E-state index in [1.54, 1.807) is 11.8 Å². The normalized spacial score (nSPS) is 20.0. The molecule has 2 atom stereocenters. The summed E-state index contributed by atoms with van der Waals surface area (Å²) >= 11 is 1.30. The van der Waals surface area contributed by atoms with E-state index in [0.29, 0.717) is 17.1 Å². The van der Waals surface area contributed by atoms with Gasteiger partial charge in [0.1, 0.15) is 4.88 Å². The van der Waals surface area contributed by atoms with Gasteiger partial charge in [-0.25, -0.2) is 9.59 Å². The van der Waals surface area contributed by atoms with Gasteiger partial charge in [-0.05, 0) is 27.1 Å². The van der Waals surface area contributed by atoms with Crippen molar-refractivity contribution in [3.63, 3.8) is 0 Å². The van der Waals surface area contributed by atoms with Gasteiger partial charge >= 0.3 is 12.0 Å². The number of rotatable bonds is 4. The highest BCUT2D eigenvalue weighted by atomic mass is 32.1. The van der Waals surface area contributed by atoms with Crippen molar-refractivity contribution in [2.45, 2.75) is 19.1 Å². The third-order valence-electron chi connectivity index (χ3n) is 4.50. The number of hydrogen-bond acceptors (Lipinski definition) is 6. The molecule has 3 rings (SSSR count). The van der Waals surface area contributed by atoms with Crippen LogP contribution in [0.5, 0.6) is 0 Å². The lowest BCUT2D eigenvalue weighted by atomic mass is 10.2. The van der Waals surface area contributed by atoms with Crippen molar-refractivity contribution in [2.75, 3.05) is 39.1 Å². The quantitative estimate of drug-likeness (QED) is 0.799. The fourth-order valence-corrected chi connectivity index (χ4v) is 4.19. The van der Waals surface area contributed by atoms with Crippen LogP contribution in [0.25, 0.3) is 10.1 Å². The van der Waals surface area contributed by atoms with Gasteiger partial charge in [0.2, 0.25) is 0 Å². The highest BCUT2D eigenvalue weighted by molar-refractivity contribution is 7.21. The number of β-amino-alcohol motifs (C(OH)–C–C–N with tert-alkyl or cyclic N) is 1. The van der Waals surface area contributed by atoms with Gasteiger partial charge in [-0.15, -0.1) is 11.3 Å². The summed E-state index contributed by atoms with van der Waals surface area (Å²) in [6.45, 7) is 2.70. The molecule has 1 aliphatic rings. The first kappa shape index (κ1) is 18.6. The maximum Gasteiger partial charge on any atom is 0.350 e. The zero-order valence-corrected chi connectivity index (χ0v) is 15.9. The lowest BCUT2D eigenvalue weighted by molar-refractivity contribution is 0.0533. The van der Waals surface area contributed by atoms with Crippen LogP contribution in [0.2, 0.25) is 0 Å². The number of thiophene rings is 1. The minimum atomic E-state index is -0.598. The average molecular weight is 377 g/mol. The van der Waals surface area contributed by atoms with E-state index in [-0.39, 0.29) is 25.2 Å². The predicted octanol–water partition coefficient (Wildman–Crippen LogP) is 2.22. The molecular weight excluding hydrogens is 354 g/mol. The highest BCUT2D eigenvalue weighted by Crippen LogP contribution is 2.36. The average Bonchev–Trinajstić information content (AvgIpc) is 3.16. The Labute approximate surface area is 156 Å². The number of carbonyl (C=O) groups is 2. The number of carbonyl (C=O) groups excluding carboxylic acids is 2. The van der Waals surface area contributed by atoms with Crippen LogP contribution in [0.1, 0.15) is 16.6 Å². The Balaban J connectivity index is 1.87. The molecule has 0 aliphatic carbocycles. The summed E-state index contributed by atoms with van der Waals surface area (Å²) in [5.74, 6) is -0.448. The highest BCUT2D eigenvalue weighted by Gasteiger charge is 2.36. The number of amides is 2. The largest absolute Gasteiger partial charge is 0.462 e. The van der Waals surface area contributed by atoms with Crippen molar-refractivity contribution < 1.29 is 19.4 Å². The molecule has 1 aliphatic heterocycles. The zero-order valence-electron chi connectivity index (χ0n) is 15.1.